The van der Waals surface area contributed by atoms with Crippen LogP contribution in [0.15, 0.2) is 46.9 Å². The lowest BCUT2D eigenvalue weighted by Crippen LogP contribution is -2.25. The second-order valence-corrected chi connectivity index (χ2v) is 5.52. The van der Waals surface area contributed by atoms with E-state index in [0.29, 0.717) is 23.6 Å². The number of carbonyl (C=O) groups is 1. The van der Waals surface area contributed by atoms with Crippen LogP contribution in [0.5, 0.6) is 0 Å². The number of hydrogen-bond acceptors (Lipinski definition) is 1. The van der Waals surface area contributed by atoms with Gasteiger partial charge in [-0.3, -0.25) is 4.79 Å². The Morgan fingerprint density at radius 2 is 1.90 bits per heavy atom. The van der Waals surface area contributed by atoms with Crippen molar-refractivity contribution >= 4 is 33.4 Å². The molecule has 5 heteroatoms. The summed E-state index contributed by atoms with van der Waals surface area (Å²) in [7, 11) is 0. The van der Waals surface area contributed by atoms with Gasteiger partial charge in [0, 0.05) is 16.6 Å². The van der Waals surface area contributed by atoms with Crippen molar-refractivity contribution in [3.63, 3.8) is 0 Å². The first-order chi connectivity index (χ1) is 9.56. The summed E-state index contributed by atoms with van der Waals surface area (Å²) in [6, 6.07) is 11.3. The Morgan fingerprint density at radius 3 is 2.55 bits per heavy atom. The molecule has 0 saturated carbocycles. The maximum absolute atomic E-state index is 12.7. The average molecular weight is 357 g/mol. The Bertz CT molecular complexity index is 616. The number of benzene rings is 2. The summed E-state index contributed by atoms with van der Waals surface area (Å²) in [4.78, 5) is 11.9. The van der Waals surface area contributed by atoms with E-state index < -0.39 is 0 Å². The first kappa shape index (κ1) is 15.0. The minimum absolute atomic E-state index is 0.179. The molecule has 0 atom stereocenters. The van der Waals surface area contributed by atoms with E-state index >= 15 is 0 Å². The van der Waals surface area contributed by atoms with Crippen LogP contribution in [-0.4, -0.2) is 12.5 Å². The predicted molar refractivity (Wildman–Crippen MR) is 81.6 cm³/mol. The van der Waals surface area contributed by atoms with Gasteiger partial charge in [0.2, 0.25) is 0 Å². The third-order valence-corrected chi connectivity index (χ3v) is 4.03. The van der Waals surface area contributed by atoms with Gasteiger partial charge in [-0.25, -0.2) is 4.39 Å². The summed E-state index contributed by atoms with van der Waals surface area (Å²) in [6.45, 7) is 0.484. The van der Waals surface area contributed by atoms with Gasteiger partial charge in [0.15, 0.2) is 0 Å². The van der Waals surface area contributed by atoms with Gasteiger partial charge in [-0.05, 0) is 58.2 Å². The summed E-state index contributed by atoms with van der Waals surface area (Å²) in [5.41, 5.74) is 1.48. The molecule has 0 aromatic heterocycles. The Morgan fingerprint density at radius 1 is 1.20 bits per heavy atom. The molecule has 0 spiro atoms. The maximum atomic E-state index is 12.7. The van der Waals surface area contributed by atoms with Crippen LogP contribution >= 0.6 is 27.5 Å². The molecule has 0 unspecified atom stereocenters. The van der Waals surface area contributed by atoms with Gasteiger partial charge in [0.05, 0.1) is 5.02 Å². The average Bonchev–Trinajstić information content (AvgIpc) is 2.44. The van der Waals surface area contributed by atoms with E-state index in [1.165, 1.54) is 12.1 Å². The smallest absolute Gasteiger partial charge is 0.251 e. The van der Waals surface area contributed by atoms with Crippen molar-refractivity contribution in [1.82, 2.24) is 5.32 Å². The number of halogens is 3. The van der Waals surface area contributed by atoms with Crippen LogP contribution in [0.2, 0.25) is 5.02 Å². The number of rotatable bonds is 4. The lowest BCUT2D eigenvalue weighted by atomic mass is 10.1. The summed E-state index contributed by atoms with van der Waals surface area (Å²) in [5.74, 6) is -0.441. The van der Waals surface area contributed by atoms with E-state index in [4.69, 9.17) is 11.6 Å². The van der Waals surface area contributed by atoms with E-state index in [1.54, 1.807) is 30.3 Å². The molecule has 2 aromatic carbocycles. The number of carbonyl (C=O) groups excluding carboxylic acids is 1. The van der Waals surface area contributed by atoms with Crippen molar-refractivity contribution in [2.45, 2.75) is 6.42 Å². The van der Waals surface area contributed by atoms with Crippen LogP contribution in [0.1, 0.15) is 15.9 Å². The molecule has 0 aliphatic carbocycles. The molecule has 0 heterocycles. The molecule has 0 aliphatic rings. The number of hydrogen-bond donors (Lipinski definition) is 1. The van der Waals surface area contributed by atoms with E-state index in [-0.39, 0.29) is 11.7 Å². The second kappa shape index (κ2) is 6.86. The molecule has 2 nitrogen and oxygen atoms in total. The Kier molecular flexibility index (Phi) is 5.15. The summed E-state index contributed by atoms with van der Waals surface area (Å²) < 4.78 is 13.5. The molecule has 0 bridgehead atoms. The van der Waals surface area contributed by atoms with Gasteiger partial charge in [0.25, 0.3) is 5.91 Å². The van der Waals surface area contributed by atoms with Gasteiger partial charge in [-0.2, -0.15) is 0 Å². The maximum Gasteiger partial charge on any atom is 0.251 e. The zero-order valence-corrected chi connectivity index (χ0v) is 12.8. The SMILES string of the molecule is O=C(NCCc1ccc(F)cc1)c1ccc(Br)c(Cl)c1. The highest BCUT2D eigenvalue weighted by Crippen LogP contribution is 2.23. The molecular formula is C15H12BrClFNO. The molecule has 1 amide bonds. The second-order valence-electron chi connectivity index (χ2n) is 4.26. The molecule has 0 fully saturated rings. The molecule has 0 saturated heterocycles. The van der Waals surface area contributed by atoms with Crippen LogP contribution in [0.3, 0.4) is 0 Å². The summed E-state index contributed by atoms with van der Waals surface area (Å²) >= 11 is 9.21. The predicted octanol–water partition coefficient (Wildman–Crippen LogP) is 4.21. The molecule has 2 rings (SSSR count). The quantitative estimate of drug-likeness (QED) is 0.873. The monoisotopic (exact) mass is 355 g/mol. The van der Waals surface area contributed by atoms with Gasteiger partial charge >= 0.3 is 0 Å². The molecule has 104 valence electrons. The Labute approximate surface area is 130 Å². The number of nitrogens with one attached hydrogen (secondary N) is 1. The van der Waals surface area contributed by atoms with Crippen LogP contribution < -0.4 is 5.32 Å². The van der Waals surface area contributed by atoms with E-state index in [0.717, 1.165) is 10.0 Å². The van der Waals surface area contributed by atoms with Crippen LogP contribution in [-0.2, 0) is 6.42 Å². The van der Waals surface area contributed by atoms with Gasteiger partial charge in [-0.1, -0.05) is 23.7 Å². The van der Waals surface area contributed by atoms with Crippen molar-refractivity contribution in [3.05, 3.63) is 68.9 Å². The summed E-state index contributed by atoms with van der Waals surface area (Å²) in [6.07, 6.45) is 0.649. The largest absolute Gasteiger partial charge is 0.352 e. The highest BCUT2D eigenvalue weighted by molar-refractivity contribution is 9.10. The first-order valence-electron chi connectivity index (χ1n) is 6.04. The zero-order valence-electron chi connectivity index (χ0n) is 10.5. The van der Waals surface area contributed by atoms with Gasteiger partial charge in [0.1, 0.15) is 5.82 Å². The first-order valence-corrected chi connectivity index (χ1v) is 7.21. The minimum Gasteiger partial charge on any atom is -0.352 e. The highest BCUT2D eigenvalue weighted by Gasteiger charge is 2.07. The third kappa shape index (κ3) is 4.05. The van der Waals surface area contributed by atoms with E-state index in [9.17, 15) is 9.18 Å². The lowest BCUT2D eigenvalue weighted by Gasteiger charge is -2.06. The van der Waals surface area contributed by atoms with Crippen molar-refractivity contribution < 1.29 is 9.18 Å². The fourth-order valence-electron chi connectivity index (χ4n) is 1.71. The molecule has 2 aromatic rings. The standard InChI is InChI=1S/C15H12BrClFNO/c16-13-6-3-11(9-14(13)17)15(20)19-8-7-10-1-4-12(18)5-2-10/h1-6,9H,7-8H2,(H,19,20). The summed E-state index contributed by atoms with van der Waals surface area (Å²) in [5, 5.41) is 3.30. The molecular weight excluding hydrogens is 345 g/mol. The van der Waals surface area contributed by atoms with Crippen molar-refractivity contribution in [3.8, 4) is 0 Å². The topological polar surface area (TPSA) is 29.1 Å². The van der Waals surface area contributed by atoms with Gasteiger partial charge < -0.3 is 5.32 Å². The van der Waals surface area contributed by atoms with E-state index in [2.05, 4.69) is 21.2 Å². The highest BCUT2D eigenvalue weighted by atomic mass is 79.9. The van der Waals surface area contributed by atoms with Crippen molar-refractivity contribution in [2.24, 2.45) is 0 Å². The fourth-order valence-corrected chi connectivity index (χ4v) is 2.14. The number of amides is 1. The van der Waals surface area contributed by atoms with Crippen molar-refractivity contribution in [1.29, 1.82) is 0 Å². The Hall–Kier alpha value is -1.39. The molecule has 20 heavy (non-hydrogen) atoms. The molecule has 1 N–H and O–H groups in total. The van der Waals surface area contributed by atoms with E-state index in [1.807, 2.05) is 0 Å². The Balaban J connectivity index is 1.88. The van der Waals surface area contributed by atoms with Crippen LogP contribution in [0.4, 0.5) is 4.39 Å². The minimum atomic E-state index is -0.262. The van der Waals surface area contributed by atoms with Gasteiger partial charge in [-0.15, -0.1) is 0 Å². The fraction of sp³-hybridized carbons (Fsp3) is 0.133. The zero-order chi connectivity index (χ0) is 14.5. The molecule has 0 aliphatic heterocycles. The van der Waals surface area contributed by atoms with Crippen molar-refractivity contribution in [2.75, 3.05) is 6.54 Å². The van der Waals surface area contributed by atoms with Crippen LogP contribution in [0.25, 0.3) is 0 Å². The van der Waals surface area contributed by atoms with Crippen LogP contribution in [0, 0.1) is 5.82 Å². The molecule has 0 radical (unpaired) electrons. The normalized spacial score (nSPS) is 10.3. The third-order valence-electron chi connectivity index (χ3n) is 2.79. The lowest BCUT2D eigenvalue weighted by molar-refractivity contribution is 0.0954.